The van der Waals surface area contributed by atoms with Crippen molar-refractivity contribution in [1.29, 1.82) is 0 Å². The van der Waals surface area contributed by atoms with Gasteiger partial charge in [-0.1, -0.05) is 40.0 Å². The Bertz CT molecular complexity index is 869. The largest absolute Gasteiger partial charge is 0.393 e. The first-order valence-corrected chi connectivity index (χ1v) is 16.6. The van der Waals surface area contributed by atoms with Crippen LogP contribution in [0.2, 0.25) is 0 Å². The predicted octanol–water partition coefficient (Wildman–Crippen LogP) is 5.89. The molecule has 0 radical (unpaired) electrons. The van der Waals surface area contributed by atoms with Crippen molar-refractivity contribution in [3.8, 4) is 0 Å². The first-order chi connectivity index (χ1) is 16.8. The third-order valence-corrected chi connectivity index (χ3v) is 14.1. The Hall–Kier alpha value is -0.170. The van der Waals surface area contributed by atoms with Gasteiger partial charge in [-0.2, -0.15) is 0 Å². The van der Waals surface area contributed by atoms with Gasteiger partial charge in [-0.25, -0.2) is 13.1 Å². The first kappa shape index (κ1) is 28.8. The Morgan fingerprint density at radius 3 is 2.22 bits per heavy atom. The van der Waals surface area contributed by atoms with Gasteiger partial charge < -0.3 is 10.2 Å². The molecule has 4 aliphatic rings. The molecule has 0 heterocycles. The molecule has 0 aliphatic heterocycles. The van der Waals surface area contributed by atoms with Gasteiger partial charge in [0.25, 0.3) is 0 Å². The van der Waals surface area contributed by atoms with Gasteiger partial charge >= 0.3 is 0 Å². The zero-order valence-corrected chi connectivity index (χ0v) is 24.7. The number of nitrogens with one attached hydrogen (secondary N) is 1. The molecule has 0 spiro atoms. The summed E-state index contributed by atoms with van der Waals surface area (Å²) in [5.41, 5.74) is 0.593. The van der Waals surface area contributed by atoms with Crippen LogP contribution >= 0.6 is 0 Å². The Morgan fingerprint density at radius 2 is 1.56 bits per heavy atom. The maximum absolute atomic E-state index is 12.3. The molecule has 210 valence electrons. The van der Waals surface area contributed by atoms with E-state index in [-0.39, 0.29) is 17.6 Å². The van der Waals surface area contributed by atoms with E-state index in [1.165, 1.54) is 32.1 Å². The smallest absolute Gasteiger partial charge is 0.216 e. The number of aliphatic hydroxyl groups is 2. The molecular formula is C30H55NO4S. The minimum atomic E-state index is -3.25. The van der Waals surface area contributed by atoms with Crippen LogP contribution in [0.1, 0.15) is 119 Å². The number of hydrogen-bond donors (Lipinski definition) is 3. The number of sulfonamides is 1. The van der Waals surface area contributed by atoms with Crippen molar-refractivity contribution in [1.82, 2.24) is 4.72 Å². The summed E-state index contributed by atoms with van der Waals surface area (Å²) in [5, 5.41) is 22.3. The Morgan fingerprint density at radius 1 is 0.889 bits per heavy atom. The van der Waals surface area contributed by atoms with Crippen LogP contribution in [0.25, 0.3) is 0 Å². The average molecular weight is 526 g/mol. The van der Waals surface area contributed by atoms with Gasteiger partial charge in [-0.15, -0.1) is 0 Å². The van der Waals surface area contributed by atoms with Crippen molar-refractivity contribution in [2.75, 3.05) is 6.54 Å². The van der Waals surface area contributed by atoms with Gasteiger partial charge in [0, 0.05) is 6.54 Å². The van der Waals surface area contributed by atoms with Crippen molar-refractivity contribution >= 4 is 10.0 Å². The molecule has 6 heteroatoms. The van der Waals surface area contributed by atoms with Crippen LogP contribution in [0.15, 0.2) is 0 Å². The predicted molar refractivity (Wildman–Crippen MR) is 147 cm³/mol. The van der Waals surface area contributed by atoms with Crippen LogP contribution in [0.3, 0.4) is 0 Å². The molecule has 10 atom stereocenters. The highest BCUT2D eigenvalue weighted by molar-refractivity contribution is 7.90. The monoisotopic (exact) mass is 525 g/mol. The van der Waals surface area contributed by atoms with E-state index in [9.17, 15) is 18.6 Å². The van der Waals surface area contributed by atoms with Gasteiger partial charge in [0.05, 0.1) is 17.0 Å². The molecule has 0 aromatic heterocycles. The molecule has 0 aromatic rings. The standard InChI is InChI=1S/C30H55NO4S/c1-7-22-25-19-21(32)14-16-30(25,6)24-15-17-29(5)20(12-13-23(29)26(24)27(22)33)11-9-8-10-18-31-36(34,35)28(2,3)4/h20-27,31-33H,7-19H2,1-6H3/t20-,21+,22+,23-,24-,25-,26-,27+,29+,30+/m0/s1. The van der Waals surface area contributed by atoms with E-state index in [1.807, 2.05) is 0 Å². The van der Waals surface area contributed by atoms with E-state index in [2.05, 4.69) is 25.5 Å². The lowest BCUT2D eigenvalue weighted by molar-refractivity contribution is -0.202. The fourth-order valence-electron chi connectivity index (χ4n) is 9.66. The second kappa shape index (κ2) is 10.4. The maximum Gasteiger partial charge on any atom is 0.216 e. The summed E-state index contributed by atoms with van der Waals surface area (Å²) in [6.45, 7) is 13.1. The van der Waals surface area contributed by atoms with E-state index in [4.69, 9.17) is 0 Å². The highest BCUT2D eigenvalue weighted by atomic mass is 32.2. The van der Waals surface area contributed by atoms with Crippen LogP contribution in [0.5, 0.6) is 0 Å². The number of unbranched alkanes of at least 4 members (excludes halogenated alkanes) is 2. The Labute approximate surface area is 221 Å². The zero-order valence-electron chi connectivity index (χ0n) is 23.9. The van der Waals surface area contributed by atoms with E-state index in [1.54, 1.807) is 20.8 Å². The summed E-state index contributed by atoms with van der Waals surface area (Å²) in [5.74, 6) is 3.14. The lowest BCUT2D eigenvalue weighted by atomic mass is 9.41. The van der Waals surface area contributed by atoms with Crippen LogP contribution in [0.4, 0.5) is 0 Å². The van der Waals surface area contributed by atoms with Crippen molar-refractivity contribution < 1.29 is 18.6 Å². The Kier molecular flexibility index (Phi) is 8.35. The van der Waals surface area contributed by atoms with Gasteiger partial charge in [0.15, 0.2) is 0 Å². The van der Waals surface area contributed by atoms with Gasteiger partial charge in [0.1, 0.15) is 0 Å². The quantitative estimate of drug-likeness (QED) is 0.345. The molecule has 4 saturated carbocycles. The van der Waals surface area contributed by atoms with Gasteiger partial charge in [-0.05, 0) is 125 Å². The number of fused-ring (bicyclic) bond motifs is 5. The summed E-state index contributed by atoms with van der Waals surface area (Å²) in [7, 11) is -3.25. The van der Waals surface area contributed by atoms with Gasteiger partial charge in [0.2, 0.25) is 10.0 Å². The van der Waals surface area contributed by atoms with E-state index in [0.717, 1.165) is 50.9 Å². The maximum atomic E-state index is 12.3. The second-order valence-corrected chi connectivity index (χ2v) is 17.1. The third-order valence-electron chi connectivity index (χ3n) is 11.9. The van der Waals surface area contributed by atoms with Crippen molar-refractivity contribution in [2.24, 2.45) is 46.3 Å². The van der Waals surface area contributed by atoms with Crippen LogP contribution in [0, 0.1) is 46.3 Å². The molecular weight excluding hydrogens is 470 g/mol. The highest BCUT2D eigenvalue weighted by Crippen LogP contribution is 2.69. The molecule has 0 amide bonds. The Balaban J connectivity index is 1.37. The topological polar surface area (TPSA) is 86.6 Å². The second-order valence-electron chi connectivity index (χ2n) is 14.6. The van der Waals surface area contributed by atoms with E-state index >= 15 is 0 Å². The summed E-state index contributed by atoms with van der Waals surface area (Å²) < 4.78 is 26.6. The van der Waals surface area contributed by atoms with Crippen LogP contribution < -0.4 is 4.72 Å². The fraction of sp³-hybridized carbons (Fsp3) is 1.00. The third kappa shape index (κ3) is 4.95. The molecule has 0 bridgehead atoms. The molecule has 4 aliphatic carbocycles. The number of aliphatic hydroxyl groups excluding tert-OH is 2. The SMILES string of the molecule is CC[C@H]1[C@@H](O)[C@@H]2[C@H](CC[C@]3(C)[C@@H](CCCCCNS(=O)(=O)C(C)(C)C)CC[C@@H]23)[C@@]2(C)CC[C@@H](O)C[C@@H]12. The summed E-state index contributed by atoms with van der Waals surface area (Å²) in [6.07, 6.45) is 13.0. The van der Waals surface area contributed by atoms with Crippen molar-refractivity contribution in [3.63, 3.8) is 0 Å². The normalized spacial score (nSPS) is 45.1. The molecule has 3 N–H and O–H groups in total. The molecule has 4 rings (SSSR count). The highest BCUT2D eigenvalue weighted by Gasteiger charge is 2.64. The molecule has 0 unspecified atom stereocenters. The molecule has 5 nitrogen and oxygen atoms in total. The summed E-state index contributed by atoms with van der Waals surface area (Å²) >= 11 is 0. The number of hydrogen-bond acceptors (Lipinski definition) is 4. The molecule has 0 aromatic carbocycles. The van der Waals surface area contributed by atoms with Gasteiger partial charge in [-0.3, -0.25) is 0 Å². The molecule has 0 saturated heterocycles. The van der Waals surface area contributed by atoms with E-state index in [0.29, 0.717) is 41.5 Å². The van der Waals surface area contributed by atoms with E-state index < -0.39 is 14.8 Å². The fourth-order valence-corrected chi connectivity index (χ4v) is 10.5. The van der Waals surface area contributed by atoms with Crippen LogP contribution in [-0.2, 0) is 10.0 Å². The summed E-state index contributed by atoms with van der Waals surface area (Å²) in [4.78, 5) is 0. The molecule has 4 fully saturated rings. The lowest BCUT2D eigenvalue weighted by Crippen LogP contribution is -2.62. The average Bonchev–Trinajstić information content (AvgIpc) is 3.13. The van der Waals surface area contributed by atoms with Crippen LogP contribution in [-0.4, -0.2) is 42.1 Å². The minimum absolute atomic E-state index is 0.186. The zero-order chi connectivity index (χ0) is 26.5. The van der Waals surface area contributed by atoms with Crippen molar-refractivity contribution in [3.05, 3.63) is 0 Å². The molecule has 36 heavy (non-hydrogen) atoms. The minimum Gasteiger partial charge on any atom is -0.393 e. The first-order valence-electron chi connectivity index (χ1n) is 15.1. The lowest BCUT2D eigenvalue weighted by Gasteiger charge is -2.64. The van der Waals surface area contributed by atoms with Crippen molar-refractivity contribution in [2.45, 2.75) is 136 Å². The summed E-state index contributed by atoms with van der Waals surface area (Å²) in [6, 6.07) is 0. The number of rotatable bonds is 8.